The third kappa shape index (κ3) is 4.30. The number of ether oxygens (including phenoxy) is 1. The van der Waals surface area contributed by atoms with Gasteiger partial charge >= 0.3 is 6.09 Å². The summed E-state index contributed by atoms with van der Waals surface area (Å²) in [5.74, 6) is 0. The molecule has 1 atom stereocenters. The monoisotopic (exact) mass is 326 g/mol. The number of likely N-dealkylation sites (tertiary alicyclic amines) is 1. The van der Waals surface area contributed by atoms with Crippen molar-refractivity contribution in [2.45, 2.75) is 52.2 Å². The number of nitrogens with zero attached hydrogens (tertiary/aromatic N) is 1. The van der Waals surface area contributed by atoms with Crippen LogP contribution in [0.3, 0.4) is 0 Å². The van der Waals surface area contributed by atoms with Gasteiger partial charge in [-0.05, 0) is 30.6 Å². The molecule has 1 aliphatic rings. The molecule has 0 spiro atoms. The molecule has 1 saturated heterocycles. The Balaban J connectivity index is 2.89. The van der Waals surface area contributed by atoms with Crippen LogP contribution in [0.1, 0.15) is 34.1 Å². The van der Waals surface area contributed by atoms with Crippen LogP contribution in [0.2, 0.25) is 18.1 Å². The second kappa shape index (κ2) is 7.11. The van der Waals surface area contributed by atoms with Crippen LogP contribution in [0.4, 0.5) is 4.79 Å². The van der Waals surface area contributed by atoms with Crippen molar-refractivity contribution in [2.24, 2.45) is 0 Å². The molecule has 0 bridgehead atoms. The predicted molar refractivity (Wildman–Crippen MR) is 93.1 cm³/mol. The topological polar surface area (TPSA) is 35.5 Å². The summed E-state index contributed by atoms with van der Waals surface area (Å²) in [6.07, 6.45) is 4.44. The largest absolute Gasteiger partial charge is 0.518 e. The lowest BCUT2D eigenvalue weighted by molar-refractivity contribution is -0.860. The lowest BCUT2D eigenvalue weighted by atomic mass is 10.2. The fourth-order valence-electron chi connectivity index (χ4n) is 2.23. The Morgan fingerprint density at radius 2 is 2.05 bits per heavy atom. The maximum Gasteiger partial charge on any atom is 0.518 e. The molecular weight excluding hydrogens is 294 g/mol. The maximum atomic E-state index is 12.6. The molecule has 0 aliphatic carbocycles. The Hall–Kier alpha value is -0.913. The minimum absolute atomic E-state index is 0.130. The van der Waals surface area contributed by atoms with E-state index >= 15 is 0 Å². The van der Waals surface area contributed by atoms with Gasteiger partial charge in [0.15, 0.2) is 15.0 Å². The molecule has 0 aromatic rings. The Morgan fingerprint density at radius 1 is 1.41 bits per heavy atom. The molecule has 22 heavy (non-hydrogen) atoms. The van der Waals surface area contributed by atoms with E-state index in [1.54, 1.807) is 6.08 Å². The summed E-state index contributed by atoms with van der Waals surface area (Å²) >= 11 is 0. The number of quaternary nitrogens is 1. The van der Waals surface area contributed by atoms with Crippen molar-refractivity contribution in [3.8, 4) is 0 Å². The zero-order valence-electron chi connectivity index (χ0n) is 15.1. The Kier molecular flexibility index (Phi) is 6.18. The van der Waals surface area contributed by atoms with E-state index in [1.807, 2.05) is 6.92 Å². The standard InChI is InChI=1S/C17H32NO3Si/c1-8-12-20-16(19)18(11-10-15(9-2)13-18)14-21-22(6,7)17(3,4)5/h8-9H,1,10-14H2,2-7H3/q+1/b15-9+. The summed E-state index contributed by atoms with van der Waals surface area (Å²) in [7, 11) is -1.89. The zero-order valence-corrected chi connectivity index (χ0v) is 16.1. The molecule has 126 valence electrons. The SMILES string of the molecule is C=CCOC(=O)[N+]1(CO[Si](C)(C)C(C)(C)C)CC/C(=C\C)C1. The summed E-state index contributed by atoms with van der Waals surface area (Å²) in [4.78, 5) is 12.6. The highest BCUT2D eigenvalue weighted by atomic mass is 28.4. The first kappa shape index (κ1) is 19.1. The summed E-state index contributed by atoms with van der Waals surface area (Å²) < 4.78 is 11.9. The second-order valence-corrected chi connectivity index (χ2v) is 12.4. The van der Waals surface area contributed by atoms with E-state index in [9.17, 15) is 4.79 Å². The summed E-state index contributed by atoms with van der Waals surface area (Å²) in [5.41, 5.74) is 1.30. The van der Waals surface area contributed by atoms with Crippen molar-refractivity contribution in [1.29, 1.82) is 0 Å². The van der Waals surface area contributed by atoms with Crippen molar-refractivity contribution >= 4 is 14.4 Å². The third-order valence-corrected chi connectivity index (χ3v) is 9.43. The van der Waals surface area contributed by atoms with E-state index in [-0.39, 0.29) is 22.2 Å². The molecule has 0 N–H and O–H groups in total. The summed E-state index contributed by atoms with van der Waals surface area (Å²) in [6.45, 7) is 18.8. The van der Waals surface area contributed by atoms with Crippen LogP contribution in [0.15, 0.2) is 24.3 Å². The van der Waals surface area contributed by atoms with Gasteiger partial charge in [-0.25, -0.2) is 0 Å². The summed E-state index contributed by atoms with van der Waals surface area (Å²) in [6, 6.07) is 0. The van der Waals surface area contributed by atoms with Gasteiger partial charge in [0.05, 0.1) is 6.54 Å². The van der Waals surface area contributed by atoms with Crippen LogP contribution in [0, 0.1) is 0 Å². The van der Waals surface area contributed by atoms with Crippen molar-refractivity contribution in [2.75, 3.05) is 26.4 Å². The van der Waals surface area contributed by atoms with Gasteiger partial charge in [-0.2, -0.15) is 9.28 Å². The number of amides is 1. The van der Waals surface area contributed by atoms with Gasteiger partial charge in [0.1, 0.15) is 13.2 Å². The smallest absolute Gasteiger partial charge is 0.416 e. The van der Waals surface area contributed by atoms with E-state index in [1.165, 1.54) is 5.57 Å². The van der Waals surface area contributed by atoms with Gasteiger partial charge in [0, 0.05) is 6.42 Å². The van der Waals surface area contributed by atoms with Crippen LogP contribution in [-0.4, -0.2) is 45.3 Å². The quantitative estimate of drug-likeness (QED) is 0.425. The zero-order chi connectivity index (χ0) is 17.0. The van der Waals surface area contributed by atoms with Crippen LogP contribution in [0.25, 0.3) is 0 Å². The number of carbonyl (C=O) groups is 1. The van der Waals surface area contributed by atoms with Gasteiger partial charge in [-0.3, -0.25) is 0 Å². The van der Waals surface area contributed by atoms with Crippen molar-refractivity contribution < 1.29 is 18.4 Å². The first-order valence-corrected chi connectivity index (χ1v) is 10.9. The lowest BCUT2D eigenvalue weighted by Gasteiger charge is -2.39. The van der Waals surface area contributed by atoms with E-state index < -0.39 is 8.32 Å². The Bertz CT molecular complexity index is 451. The van der Waals surface area contributed by atoms with Gasteiger partial charge in [0.2, 0.25) is 0 Å². The highest BCUT2D eigenvalue weighted by Crippen LogP contribution is 2.37. The second-order valence-electron chi connectivity index (χ2n) is 7.62. The van der Waals surface area contributed by atoms with Gasteiger partial charge in [0.25, 0.3) is 0 Å². The highest BCUT2D eigenvalue weighted by Gasteiger charge is 2.47. The highest BCUT2D eigenvalue weighted by molar-refractivity contribution is 6.74. The van der Waals surface area contributed by atoms with Crippen LogP contribution >= 0.6 is 0 Å². The number of allylic oxidation sites excluding steroid dienone is 1. The molecule has 4 nitrogen and oxygen atoms in total. The molecule has 0 radical (unpaired) electrons. The third-order valence-electron chi connectivity index (χ3n) is 4.97. The predicted octanol–water partition coefficient (Wildman–Crippen LogP) is 4.46. The molecular formula is C17H32NO3Si+. The van der Waals surface area contributed by atoms with E-state index in [0.717, 1.165) is 13.0 Å². The minimum Gasteiger partial charge on any atom is -0.416 e. The van der Waals surface area contributed by atoms with Gasteiger partial charge in [-0.15, -0.1) is 0 Å². The molecule has 1 heterocycles. The molecule has 1 fully saturated rings. The van der Waals surface area contributed by atoms with E-state index in [2.05, 4.69) is 46.5 Å². The van der Waals surface area contributed by atoms with Crippen molar-refractivity contribution in [3.05, 3.63) is 24.3 Å². The fourth-order valence-corrected chi connectivity index (χ4v) is 3.23. The van der Waals surface area contributed by atoms with Crippen LogP contribution in [-0.2, 0) is 9.16 Å². The molecule has 1 aliphatic heterocycles. The first-order valence-electron chi connectivity index (χ1n) is 8.00. The van der Waals surface area contributed by atoms with Crippen molar-refractivity contribution in [1.82, 2.24) is 0 Å². The Morgan fingerprint density at radius 3 is 2.50 bits per heavy atom. The molecule has 0 aromatic carbocycles. The maximum absolute atomic E-state index is 12.6. The molecule has 0 saturated carbocycles. The van der Waals surface area contributed by atoms with Crippen molar-refractivity contribution in [3.63, 3.8) is 0 Å². The Labute approximate surface area is 136 Å². The number of rotatable bonds is 5. The molecule has 1 rings (SSSR count). The van der Waals surface area contributed by atoms with E-state index in [4.69, 9.17) is 9.16 Å². The minimum atomic E-state index is -1.89. The van der Waals surface area contributed by atoms with Crippen LogP contribution in [0.5, 0.6) is 0 Å². The van der Waals surface area contributed by atoms with E-state index in [0.29, 0.717) is 13.3 Å². The number of carbonyl (C=O) groups excluding carboxylic acids is 1. The molecule has 1 amide bonds. The van der Waals surface area contributed by atoms with Gasteiger partial charge < -0.3 is 9.16 Å². The lowest BCUT2D eigenvalue weighted by Crippen LogP contribution is -2.55. The van der Waals surface area contributed by atoms with Crippen LogP contribution < -0.4 is 0 Å². The normalized spacial score (nSPS) is 24.5. The fraction of sp³-hybridized carbons (Fsp3) is 0.706. The molecule has 0 aromatic heterocycles. The molecule has 5 heteroatoms. The summed E-state index contributed by atoms with van der Waals surface area (Å²) in [5, 5.41) is 0.130. The average Bonchev–Trinajstić information content (AvgIpc) is 2.86. The molecule has 1 unspecified atom stereocenters. The first-order chi connectivity index (χ1) is 10.1. The number of hydrogen-bond donors (Lipinski definition) is 0. The average molecular weight is 327 g/mol. The number of hydrogen-bond acceptors (Lipinski definition) is 3. The van der Waals surface area contributed by atoms with Gasteiger partial charge in [-0.1, -0.05) is 39.5 Å².